The molecule has 4 rings (SSSR count). The maximum Gasteiger partial charge on any atom is 0.221 e. The Balaban J connectivity index is 1.86. The van der Waals surface area contributed by atoms with Crippen molar-refractivity contribution in [3.8, 4) is 0 Å². The van der Waals surface area contributed by atoms with Crippen molar-refractivity contribution in [3.05, 3.63) is 75.6 Å². The molecule has 0 saturated carbocycles. The van der Waals surface area contributed by atoms with E-state index < -0.39 is 0 Å². The predicted octanol–water partition coefficient (Wildman–Crippen LogP) is 4.24. The highest BCUT2D eigenvalue weighted by molar-refractivity contribution is 5.92. The van der Waals surface area contributed by atoms with Crippen LogP contribution in [0.3, 0.4) is 0 Å². The van der Waals surface area contributed by atoms with E-state index in [1.165, 1.54) is 6.92 Å². The van der Waals surface area contributed by atoms with Crippen molar-refractivity contribution in [2.75, 3.05) is 5.32 Å². The molecular weight excluding hydrogens is 314 g/mol. The quantitative estimate of drug-likeness (QED) is 0.764. The van der Waals surface area contributed by atoms with Gasteiger partial charge in [0.2, 0.25) is 5.91 Å². The van der Waals surface area contributed by atoms with Crippen LogP contribution in [0.4, 0.5) is 5.69 Å². The molecule has 0 bridgehead atoms. The van der Waals surface area contributed by atoms with Gasteiger partial charge in [-0.3, -0.25) is 9.59 Å². The van der Waals surface area contributed by atoms with Gasteiger partial charge in [0.1, 0.15) is 11.3 Å². The zero-order chi connectivity index (χ0) is 17.4. The molecule has 0 spiro atoms. The standard InChI is InChI=1S/C21H17NO3/c1-13(23)22-16-8-10-17-19(12-16)25-21-15(7-9-18(21)20(17)24)11-14-5-3-2-4-6-14/h2-6,8,10-12H,7,9H2,1H3,(H,22,23). The Bertz CT molecular complexity index is 1060. The first-order valence-corrected chi connectivity index (χ1v) is 8.25. The Morgan fingerprint density at radius 2 is 1.92 bits per heavy atom. The number of carbonyl (C=O) groups is 1. The molecule has 1 aromatic heterocycles. The van der Waals surface area contributed by atoms with Crippen LogP contribution in [-0.2, 0) is 11.2 Å². The number of allylic oxidation sites excluding steroid dienone is 1. The van der Waals surface area contributed by atoms with Gasteiger partial charge in [-0.2, -0.15) is 0 Å². The molecule has 3 aromatic rings. The monoisotopic (exact) mass is 331 g/mol. The minimum Gasteiger partial charge on any atom is -0.456 e. The molecule has 0 unspecified atom stereocenters. The van der Waals surface area contributed by atoms with Gasteiger partial charge in [-0.1, -0.05) is 30.3 Å². The van der Waals surface area contributed by atoms with E-state index in [0.717, 1.165) is 23.1 Å². The van der Waals surface area contributed by atoms with Gasteiger partial charge in [0.25, 0.3) is 0 Å². The van der Waals surface area contributed by atoms with Crippen LogP contribution in [0.2, 0.25) is 0 Å². The van der Waals surface area contributed by atoms with Crippen molar-refractivity contribution >= 4 is 34.2 Å². The van der Waals surface area contributed by atoms with Crippen LogP contribution in [-0.4, -0.2) is 5.91 Å². The molecule has 4 heteroatoms. The van der Waals surface area contributed by atoms with Gasteiger partial charge < -0.3 is 9.73 Å². The lowest BCUT2D eigenvalue weighted by Gasteiger charge is -2.06. The lowest BCUT2D eigenvalue weighted by Crippen LogP contribution is -2.09. The molecular formula is C21H17NO3. The maximum atomic E-state index is 12.8. The van der Waals surface area contributed by atoms with Crippen molar-refractivity contribution in [1.29, 1.82) is 0 Å². The third kappa shape index (κ3) is 2.87. The Morgan fingerprint density at radius 3 is 2.68 bits per heavy atom. The van der Waals surface area contributed by atoms with E-state index in [4.69, 9.17) is 4.42 Å². The summed E-state index contributed by atoms with van der Waals surface area (Å²) in [6.07, 6.45) is 3.55. The molecule has 0 radical (unpaired) electrons. The first-order valence-electron chi connectivity index (χ1n) is 8.25. The summed E-state index contributed by atoms with van der Waals surface area (Å²) in [5, 5.41) is 3.27. The Morgan fingerprint density at radius 1 is 1.12 bits per heavy atom. The average Bonchev–Trinajstić information content (AvgIpc) is 2.98. The molecule has 4 nitrogen and oxygen atoms in total. The van der Waals surface area contributed by atoms with Crippen molar-refractivity contribution in [1.82, 2.24) is 0 Å². The molecule has 1 aliphatic rings. The number of nitrogens with one attached hydrogen (secondary N) is 1. The smallest absolute Gasteiger partial charge is 0.221 e. The molecule has 0 atom stereocenters. The van der Waals surface area contributed by atoms with Crippen LogP contribution in [0, 0.1) is 0 Å². The van der Waals surface area contributed by atoms with Crippen LogP contribution < -0.4 is 10.7 Å². The van der Waals surface area contributed by atoms with Crippen molar-refractivity contribution in [2.24, 2.45) is 0 Å². The van der Waals surface area contributed by atoms with Crippen molar-refractivity contribution < 1.29 is 9.21 Å². The highest BCUT2D eigenvalue weighted by Gasteiger charge is 2.24. The highest BCUT2D eigenvalue weighted by atomic mass is 16.3. The van der Waals surface area contributed by atoms with Crippen LogP contribution in [0.1, 0.15) is 30.2 Å². The van der Waals surface area contributed by atoms with E-state index in [0.29, 0.717) is 28.8 Å². The van der Waals surface area contributed by atoms with Gasteiger partial charge in [0.05, 0.1) is 5.39 Å². The van der Waals surface area contributed by atoms with Gasteiger partial charge in [-0.05, 0) is 42.2 Å². The summed E-state index contributed by atoms with van der Waals surface area (Å²) in [5.41, 5.74) is 3.99. The van der Waals surface area contributed by atoms with Gasteiger partial charge in [-0.15, -0.1) is 0 Å². The molecule has 0 fully saturated rings. The van der Waals surface area contributed by atoms with Gasteiger partial charge in [0, 0.05) is 24.2 Å². The largest absolute Gasteiger partial charge is 0.456 e. The van der Waals surface area contributed by atoms with Gasteiger partial charge >= 0.3 is 0 Å². The first-order chi connectivity index (χ1) is 12.1. The van der Waals surface area contributed by atoms with E-state index in [9.17, 15) is 9.59 Å². The van der Waals surface area contributed by atoms with Gasteiger partial charge in [0.15, 0.2) is 5.43 Å². The fourth-order valence-corrected chi connectivity index (χ4v) is 3.26. The predicted molar refractivity (Wildman–Crippen MR) is 99.4 cm³/mol. The highest BCUT2D eigenvalue weighted by Crippen LogP contribution is 2.34. The zero-order valence-electron chi connectivity index (χ0n) is 13.8. The molecule has 1 heterocycles. The number of anilines is 1. The molecule has 2 aromatic carbocycles. The molecule has 1 N–H and O–H groups in total. The number of benzene rings is 2. The normalized spacial score (nSPS) is 14.7. The fraction of sp³-hybridized carbons (Fsp3) is 0.143. The maximum absolute atomic E-state index is 12.8. The summed E-state index contributed by atoms with van der Waals surface area (Å²) >= 11 is 0. The van der Waals surface area contributed by atoms with E-state index in [2.05, 4.69) is 11.4 Å². The summed E-state index contributed by atoms with van der Waals surface area (Å²) in [6, 6.07) is 15.1. The number of fused-ring (bicyclic) bond motifs is 2. The third-order valence-electron chi connectivity index (χ3n) is 4.38. The Kier molecular flexibility index (Phi) is 3.73. The fourth-order valence-electron chi connectivity index (χ4n) is 3.26. The van der Waals surface area contributed by atoms with Crippen LogP contribution in [0.5, 0.6) is 0 Å². The molecule has 1 aliphatic carbocycles. The van der Waals surface area contributed by atoms with E-state index in [1.54, 1.807) is 18.2 Å². The van der Waals surface area contributed by atoms with E-state index in [-0.39, 0.29) is 11.3 Å². The Hall–Kier alpha value is -3.14. The molecule has 0 saturated heterocycles. The summed E-state index contributed by atoms with van der Waals surface area (Å²) in [5.74, 6) is 0.508. The number of carbonyl (C=O) groups excluding carboxylic acids is 1. The minimum absolute atomic E-state index is 0.0158. The third-order valence-corrected chi connectivity index (χ3v) is 4.38. The molecule has 0 aliphatic heterocycles. The molecule has 124 valence electrons. The Labute approximate surface area is 144 Å². The summed E-state index contributed by atoms with van der Waals surface area (Å²) in [4.78, 5) is 24.0. The van der Waals surface area contributed by atoms with Crippen LogP contribution >= 0.6 is 0 Å². The van der Waals surface area contributed by atoms with E-state index in [1.807, 2.05) is 30.3 Å². The second-order valence-corrected chi connectivity index (χ2v) is 6.21. The topological polar surface area (TPSA) is 59.3 Å². The molecule has 1 amide bonds. The van der Waals surface area contributed by atoms with Gasteiger partial charge in [-0.25, -0.2) is 0 Å². The summed E-state index contributed by atoms with van der Waals surface area (Å²) in [6.45, 7) is 1.45. The molecule has 25 heavy (non-hydrogen) atoms. The van der Waals surface area contributed by atoms with Crippen molar-refractivity contribution in [2.45, 2.75) is 19.8 Å². The zero-order valence-corrected chi connectivity index (χ0v) is 13.8. The van der Waals surface area contributed by atoms with Crippen LogP contribution in [0.25, 0.3) is 22.6 Å². The summed E-state index contributed by atoms with van der Waals surface area (Å²) < 4.78 is 6.07. The number of hydrogen-bond acceptors (Lipinski definition) is 3. The summed E-state index contributed by atoms with van der Waals surface area (Å²) in [7, 11) is 0. The van der Waals surface area contributed by atoms with Crippen LogP contribution in [0.15, 0.2) is 57.7 Å². The number of hydrogen-bond donors (Lipinski definition) is 1. The lowest BCUT2D eigenvalue weighted by molar-refractivity contribution is -0.114. The second kappa shape index (κ2) is 6.06. The SMILES string of the molecule is CC(=O)Nc1ccc2c(=O)c3c(oc2c1)C(=Cc1ccccc1)CC3. The first kappa shape index (κ1) is 15.4. The number of rotatable bonds is 2. The lowest BCUT2D eigenvalue weighted by atomic mass is 10.1. The average molecular weight is 331 g/mol. The van der Waals surface area contributed by atoms with E-state index >= 15 is 0 Å². The second-order valence-electron chi connectivity index (χ2n) is 6.21. The minimum atomic E-state index is -0.160. The van der Waals surface area contributed by atoms with Crippen molar-refractivity contribution in [3.63, 3.8) is 0 Å². The number of amides is 1.